The summed E-state index contributed by atoms with van der Waals surface area (Å²) >= 11 is 1.55. The Morgan fingerprint density at radius 2 is 2.09 bits per heavy atom. The number of halogens is 1. The van der Waals surface area contributed by atoms with Crippen LogP contribution in [0.1, 0.15) is 41.9 Å². The minimum absolute atomic E-state index is 0.271. The average molecular weight is 333 g/mol. The first kappa shape index (κ1) is 15.9. The lowest BCUT2D eigenvalue weighted by molar-refractivity contribution is 0.207. The molecule has 1 aliphatic rings. The van der Waals surface area contributed by atoms with Crippen LogP contribution in [0.25, 0.3) is 0 Å². The van der Waals surface area contributed by atoms with Crippen LogP contribution in [0.4, 0.5) is 14.3 Å². The van der Waals surface area contributed by atoms with Gasteiger partial charge in [0.1, 0.15) is 5.82 Å². The summed E-state index contributed by atoms with van der Waals surface area (Å²) in [6.45, 7) is 1.81. The third-order valence-corrected chi connectivity index (χ3v) is 5.39. The van der Waals surface area contributed by atoms with Crippen molar-refractivity contribution in [2.24, 2.45) is 0 Å². The highest BCUT2D eigenvalue weighted by atomic mass is 32.1. The maximum Gasteiger partial charge on any atom is 0.323 e. The van der Waals surface area contributed by atoms with Crippen molar-refractivity contribution in [2.75, 3.05) is 12.4 Å². The molecule has 0 spiro atoms. The lowest BCUT2D eigenvalue weighted by Crippen LogP contribution is -2.34. The van der Waals surface area contributed by atoms with Crippen LogP contribution >= 0.6 is 11.3 Å². The van der Waals surface area contributed by atoms with Crippen molar-refractivity contribution in [1.29, 1.82) is 0 Å². The van der Waals surface area contributed by atoms with Crippen molar-refractivity contribution in [3.63, 3.8) is 0 Å². The fraction of sp³-hybridized carbons (Fsp3) is 0.412. The molecule has 0 saturated carbocycles. The van der Waals surface area contributed by atoms with Gasteiger partial charge >= 0.3 is 6.03 Å². The van der Waals surface area contributed by atoms with Gasteiger partial charge in [0, 0.05) is 17.5 Å². The summed E-state index contributed by atoms with van der Waals surface area (Å²) in [6.07, 6.45) is 4.38. The van der Waals surface area contributed by atoms with Crippen molar-refractivity contribution >= 4 is 22.5 Å². The molecule has 0 bridgehead atoms. The molecule has 0 aliphatic heterocycles. The number of rotatable bonds is 3. The highest BCUT2D eigenvalue weighted by Gasteiger charge is 2.22. The number of amides is 2. The molecule has 0 saturated heterocycles. The number of hydrogen-bond acceptors (Lipinski definition) is 3. The molecule has 1 N–H and O–H groups in total. The van der Waals surface area contributed by atoms with Gasteiger partial charge in [-0.1, -0.05) is 18.2 Å². The van der Waals surface area contributed by atoms with E-state index in [-0.39, 0.29) is 17.9 Å². The molecule has 0 fully saturated rings. The maximum atomic E-state index is 13.9. The van der Waals surface area contributed by atoms with Crippen LogP contribution in [0.3, 0.4) is 0 Å². The lowest BCUT2D eigenvalue weighted by Gasteiger charge is -2.25. The Labute approximate surface area is 139 Å². The summed E-state index contributed by atoms with van der Waals surface area (Å²) in [5.74, 6) is -0.302. The highest BCUT2D eigenvalue weighted by molar-refractivity contribution is 7.15. The molecule has 4 nitrogen and oxygen atoms in total. The molecule has 6 heteroatoms. The molecule has 23 heavy (non-hydrogen) atoms. The fourth-order valence-electron chi connectivity index (χ4n) is 2.78. The van der Waals surface area contributed by atoms with Gasteiger partial charge < -0.3 is 4.90 Å². The Morgan fingerprint density at radius 3 is 2.83 bits per heavy atom. The van der Waals surface area contributed by atoms with Crippen LogP contribution in [0, 0.1) is 5.82 Å². The first-order chi connectivity index (χ1) is 11.1. The van der Waals surface area contributed by atoms with Crippen LogP contribution in [0.2, 0.25) is 0 Å². The third-order valence-electron chi connectivity index (χ3n) is 4.32. The number of thiazole rings is 1. The average Bonchev–Trinajstić information content (AvgIpc) is 2.96. The lowest BCUT2D eigenvalue weighted by atomic mass is 10.0. The number of carbonyl (C=O) groups is 1. The van der Waals surface area contributed by atoms with E-state index in [1.807, 2.05) is 6.92 Å². The summed E-state index contributed by atoms with van der Waals surface area (Å²) < 4.78 is 13.9. The number of hydrogen-bond donors (Lipinski definition) is 1. The highest BCUT2D eigenvalue weighted by Crippen LogP contribution is 2.30. The van der Waals surface area contributed by atoms with Gasteiger partial charge in [0.05, 0.1) is 11.7 Å². The molecule has 1 aliphatic carbocycles. The van der Waals surface area contributed by atoms with E-state index in [4.69, 9.17) is 0 Å². The van der Waals surface area contributed by atoms with Crippen LogP contribution < -0.4 is 5.32 Å². The van der Waals surface area contributed by atoms with E-state index in [0.717, 1.165) is 25.0 Å². The van der Waals surface area contributed by atoms with Crippen LogP contribution in [0.15, 0.2) is 24.3 Å². The number of nitrogens with one attached hydrogen (secondary N) is 1. The van der Waals surface area contributed by atoms with Crippen LogP contribution in [-0.4, -0.2) is 23.0 Å². The molecular weight excluding hydrogens is 313 g/mol. The molecule has 122 valence electrons. The number of nitrogens with zero attached hydrogens (tertiary/aromatic N) is 2. The first-order valence-corrected chi connectivity index (χ1v) is 8.64. The molecule has 1 heterocycles. The van der Waals surface area contributed by atoms with E-state index >= 15 is 0 Å². The van der Waals surface area contributed by atoms with Crippen molar-refractivity contribution in [1.82, 2.24) is 9.88 Å². The number of aromatic nitrogens is 1. The largest absolute Gasteiger partial charge is 0.323 e. The molecule has 1 atom stereocenters. The standard InChI is InChI=1S/C17H20FN3OS/c1-11(12-7-3-4-8-13(12)18)21(2)17(22)20-16-19-14-9-5-6-10-15(14)23-16/h3-4,7-8,11H,5-6,9-10H2,1-2H3,(H,19,20,22). The van der Waals surface area contributed by atoms with E-state index in [0.29, 0.717) is 10.7 Å². The third kappa shape index (κ3) is 3.37. The fourth-order valence-corrected chi connectivity index (χ4v) is 3.82. The van der Waals surface area contributed by atoms with E-state index in [1.54, 1.807) is 36.6 Å². The van der Waals surface area contributed by atoms with E-state index < -0.39 is 0 Å². The Bertz CT molecular complexity index is 692. The minimum atomic E-state index is -0.356. The number of urea groups is 1. The molecular formula is C17H20FN3OS. The second kappa shape index (κ2) is 6.66. The summed E-state index contributed by atoms with van der Waals surface area (Å²) in [6, 6.07) is 5.90. The van der Waals surface area contributed by atoms with Crippen molar-refractivity contribution < 1.29 is 9.18 Å². The predicted molar refractivity (Wildman–Crippen MR) is 90.4 cm³/mol. The number of carbonyl (C=O) groups excluding carboxylic acids is 1. The summed E-state index contributed by atoms with van der Waals surface area (Å²) in [5, 5.41) is 3.47. The smallest absolute Gasteiger partial charge is 0.321 e. The molecule has 1 unspecified atom stereocenters. The maximum absolute atomic E-state index is 13.9. The number of fused-ring (bicyclic) bond motifs is 1. The van der Waals surface area contributed by atoms with Crippen molar-refractivity contribution in [3.8, 4) is 0 Å². The Hall–Kier alpha value is -1.95. The molecule has 2 amide bonds. The Kier molecular flexibility index (Phi) is 4.61. The second-order valence-corrected chi connectivity index (χ2v) is 6.92. The summed E-state index contributed by atoms with van der Waals surface area (Å²) in [7, 11) is 1.67. The van der Waals surface area contributed by atoms with Crippen LogP contribution in [-0.2, 0) is 12.8 Å². The second-order valence-electron chi connectivity index (χ2n) is 5.83. The van der Waals surface area contributed by atoms with Gasteiger partial charge in [0.15, 0.2) is 5.13 Å². The SMILES string of the molecule is CC(c1ccccc1F)N(C)C(=O)Nc1nc2c(s1)CCCC2. The quantitative estimate of drug-likeness (QED) is 0.905. The molecule has 1 aromatic carbocycles. The van der Waals surface area contributed by atoms with Gasteiger partial charge in [-0.05, 0) is 38.7 Å². The molecule has 2 aromatic rings. The predicted octanol–water partition coefficient (Wildman–Crippen LogP) is 4.39. The minimum Gasteiger partial charge on any atom is -0.321 e. The zero-order chi connectivity index (χ0) is 16.4. The van der Waals surface area contributed by atoms with Gasteiger partial charge in [0.25, 0.3) is 0 Å². The monoisotopic (exact) mass is 333 g/mol. The normalized spacial score (nSPS) is 14.9. The zero-order valence-corrected chi connectivity index (χ0v) is 14.1. The zero-order valence-electron chi connectivity index (χ0n) is 13.3. The van der Waals surface area contributed by atoms with Gasteiger partial charge in [-0.3, -0.25) is 5.32 Å². The van der Waals surface area contributed by atoms with Gasteiger partial charge in [0.2, 0.25) is 0 Å². The van der Waals surface area contributed by atoms with Crippen molar-refractivity contribution in [3.05, 3.63) is 46.2 Å². The Balaban J connectivity index is 1.70. The Morgan fingerprint density at radius 1 is 1.35 bits per heavy atom. The van der Waals surface area contributed by atoms with Gasteiger partial charge in [-0.25, -0.2) is 14.2 Å². The summed E-state index contributed by atoms with van der Waals surface area (Å²) in [5.41, 5.74) is 1.62. The van der Waals surface area contributed by atoms with Gasteiger partial charge in [-0.2, -0.15) is 0 Å². The van der Waals surface area contributed by atoms with Crippen LogP contribution in [0.5, 0.6) is 0 Å². The molecule has 3 rings (SSSR count). The van der Waals surface area contributed by atoms with E-state index in [9.17, 15) is 9.18 Å². The van der Waals surface area contributed by atoms with Gasteiger partial charge in [-0.15, -0.1) is 11.3 Å². The number of benzene rings is 1. The first-order valence-electron chi connectivity index (χ1n) is 7.83. The van der Waals surface area contributed by atoms with E-state index in [1.165, 1.54) is 22.3 Å². The number of anilines is 1. The van der Waals surface area contributed by atoms with E-state index in [2.05, 4.69) is 10.3 Å². The topological polar surface area (TPSA) is 45.2 Å². The van der Waals surface area contributed by atoms with Crippen molar-refractivity contribution in [2.45, 2.75) is 38.6 Å². The number of aryl methyl sites for hydroxylation is 2. The molecule has 0 radical (unpaired) electrons. The molecule has 1 aromatic heterocycles. The summed E-state index contributed by atoms with van der Waals surface area (Å²) in [4.78, 5) is 19.7.